The Balaban J connectivity index is 1.69. The van der Waals surface area contributed by atoms with E-state index in [2.05, 4.69) is 11.9 Å². The molecule has 1 spiro atoms. The lowest BCUT2D eigenvalue weighted by molar-refractivity contribution is -0.111. The van der Waals surface area contributed by atoms with Crippen LogP contribution in [0.1, 0.15) is 36.0 Å². The molecule has 2 amide bonds. The van der Waals surface area contributed by atoms with Gasteiger partial charge in [-0.05, 0) is 56.0 Å². The molecule has 0 atom stereocenters. The average Bonchev–Trinajstić information content (AvgIpc) is 2.36. The molecule has 0 bridgehead atoms. The van der Waals surface area contributed by atoms with E-state index in [4.69, 9.17) is 0 Å². The van der Waals surface area contributed by atoms with Crippen molar-refractivity contribution >= 4 is 17.5 Å². The van der Waals surface area contributed by atoms with Crippen molar-refractivity contribution in [1.29, 1.82) is 0 Å². The maximum Gasteiger partial charge on any atom is 0.254 e. The van der Waals surface area contributed by atoms with E-state index in [9.17, 15) is 9.59 Å². The highest BCUT2D eigenvalue weighted by Crippen LogP contribution is 2.47. The molecule has 1 aliphatic carbocycles. The van der Waals surface area contributed by atoms with Crippen LogP contribution in [0.2, 0.25) is 0 Å². The van der Waals surface area contributed by atoms with E-state index in [1.807, 2.05) is 4.90 Å². The summed E-state index contributed by atoms with van der Waals surface area (Å²) < 4.78 is 0. The zero-order valence-corrected chi connectivity index (χ0v) is 11.4. The molecule has 4 nitrogen and oxygen atoms in total. The molecule has 1 aliphatic heterocycles. The number of nitrogens with one attached hydrogen (secondary N) is 1. The van der Waals surface area contributed by atoms with E-state index in [0.29, 0.717) is 11.3 Å². The first-order chi connectivity index (χ1) is 9.64. The quantitative estimate of drug-likeness (QED) is 0.858. The Hall–Kier alpha value is -2.10. The Morgan fingerprint density at radius 3 is 2.35 bits per heavy atom. The Bertz CT molecular complexity index is 553. The van der Waals surface area contributed by atoms with E-state index >= 15 is 0 Å². The molecular weight excluding hydrogens is 252 g/mol. The summed E-state index contributed by atoms with van der Waals surface area (Å²) in [5.74, 6) is -0.141. The van der Waals surface area contributed by atoms with Gasteiger partial charge in [-0.25, -0.2) is 0 Å². The summed E-state index contributed by atoms with van der Waals surface area (Å²) in [5.41, 5.74) is 1.54. The van der Waals surface area contributed by atoms with Gasteiger partial charge in [-0.1, -0.05) is 6.58 Å². The van der Waals surface area contributed by atoms with E-state index in [1.54, 1.807) is 24.3 Å². The third kappa shape index (κ3) is 2.01. The number of carbonyl (C=O) groups is 2. The lowest BCUT2D eigenvalue weighted by atomic mass is 9.67. The largest absolute Gasteiger partial charge is 0.333 e. The van der Waals surface area contributed by atoms with Gasteiger partial charge < -0.3 is 10.2 Å². The number of hydrogen-bond acceptors (Lipinski definition) is 2. The van der Waals surface area contributed by atoms with Crippen molar-refractivity contribution in [3.8, 4) is 0 Å². The highest BCUT2D eigenvalue weighted by molar-refractivity contribution is 6.00. The molecule has 20 heavy (non-hydrogen) atoms. The lowest BCUT2D eigenvalue weighted by Crippen LogP contribution is -2.65. The highest BCUT2D eigenvalue weighted by Gasteiger charge is 2.51. The Labute approximate surface area is 118 Å². The monoisotopic (exact) mass is 270 g/mol. The summed E-state index contributed by atoms with van der Waals surface area (Å²) in [4.78, 5) is 25.6. The van der Waals surface area contributed by atoms with Gasteiger partial charge in [0.25, 0.3) is 5.91 Å². The maximum absolute atomic E-state index is 12.4. The first-order valence-electron chi connectivity index (χ1n) is 7.00. The minimum absolute atomic E-state index is 0.109. The van der Waals surface area contributed by atoms with Gasteiger partial charge in [0.05, 0.1) is 0 Å². The van der Waals surface area contributed by atoms with Crippen molar-refractivity contribution in [2.75, 3.05) is 11.9 Å². The fourth-order valence-corrected chi connectivity index (χ4v) is 3.01. The molecule has 0 aromatic heterocycles. The van der Waals surface area contributed by atoms with Gasteiger partial charge in [-0.2, -0.15) is 0 Å². The number of carbonyl (C=O) groups excluding carboxylic acids is 2. The molecular formula is C16H18N2O2. The van der Waals surface area contributed by atoms with E-state index < -0.39 is 0 Å². The second kappa shape index (κ2) is 4.78. The average molecular weight is 270 g/mol. The van der Waals surface area contributed by atoms with Crippen molar-refractivity contribution in [1.82, 2.24) is 4.90 Å². The molecule has 2 fully saturated rings. The number of nitrogens with zero attached hydrogens (tertiary/aromatic N) is 1. The first kappa shape index (κ1) is 12.9. The van der Waals surface area contributed by atoms with Crippen LogP contribution in [-0.4, -0.2) is 28.8 Å². The summed E-state index contributed by atoms with van der Waals surface area (Å²) in [5, 5.41) is 2.67. The van der Waals surface area contributed by atoms with Crippen LogP contribution in [-0.2, 0) is 4.79 Å². The summed E-state index contributed by atoms with van der Waals surface area (Å²) in [6.45, 7) is 4.27. The van der Waals surface area contributed by atoms with Crippen LogP contribution in [0.3, 0.4) is 0 Å². The van der Waals surface area contributed by atoms with Crippen LogP contribution < -0.4 is 5.32 Å². The Morgan fingerprint density at radius 1 is 1.20 bits per heavy atom. The van der Waals surface area contributed by atoms with Crippen LogP contribution in [0, 0.1) is 0 Å². The fourth-order valence-electron chi connectivity index (χ4n) is 3.01. The van der Waals surface area contributed by atoms with Crippen molar-refractivity contribution in [3.05, 3.63) is 42.5 Å². The van der Waals surface area contributed by atoms with Crippen molar-refractivity contribution < 1.29 is 9.59 Å². The molecule has 0 radical (unpaired) electrons. The van der Waals surface area contributed by atoms with Crippen LogP contribution in [0.25, 0.3) is 0 Å². The van der Waals surface area contributed by atoms with Crippen LogP contribution >= 0.6 is 0 Å². The van der Waals surface area contributed by atoms with Crippen molar-refractivity contribution in [2.24, 2.45) is 0 Å². The number of benzene rings is 1. The summed E-state index contributed by atoms with van der Waals surface area (Å²) in [6.07, 6.45) is 5.89. The predicted octanol–water partition coefficient (Wildman–Crippen LogP) is 2.58. The van der Waals surface area contributed by atoms with Crippen molar-refractivity contribution in [3.63, 3.8) is 0 Å². The molecule has 1 saturated heterocycles. The van der Waals surface area contributed by atoms with Gasteiger partial charge in [0.15, 0.2) is 0 Å². The van der Waals surface area contributed by atoms with Crippen LogP contribution in [0.15, 0.2) is 36.9 Å². The smallest absolute Gasteiger partial charge is 0.254 e. The summed E-state index contributed by atoms with van der Waals surface area (Å²) in [7, 11) is 0. The molecule has 4 heteroatoms. The predicted molar refractivity (Wildman–Crippen MR) is 77.5 cm³/mol. The number of hydrogen-bond donors (Lipinski definition) is 1. The van der Waals surface area contributed by atoms with Crippen molar-refractivity contribution in [2.45, 2.75) is 31.2 Å². The molecule has 2 aliphatic rings. The number of rotatable bonds is 3. The molecule has 1 aromatic rings. The maximum atomic E-state index is 12.4. The standard InChI is InChI=1S/C16H18N2O2/c1-2-14(19)17-13-6-4-12(5-7-13)15(20)18-11-10-16(18)8-3-9-16/h2,4-7H,1,3,8-11H2,(H,17,19). The second-order valence-corrected chi connectivity index (χ2v) is 5.56. The second-order valence-electron chi connectivity index (χ2n) is 5.56. The SMILES string of the molecule is C=CC(=O)Nc1ccc(C(=O)N2CCC23CCC3)cc1. The summed E-state index contributed by atoms with van der Waals surface area (Å²) in [6, 6.07) is 7.04. The third-order valence-corrected chi connectivity index (χ3v) is 4.49. The van der Waals surface area contributed by atoms with Gasteiger partial charge in [-0.15, -0.1) is 0 Å². The molecule has 1 aromatic carbocycles. The summed E-state index contributed by atoms with van der Waals surface area (Å²) >= 11 is 0. The Morgan fingerprint density at radius 2 is 1.90 bits per heavy atom. The number of amides is 2. The molecule has 3 rings (SSSR count). The topological polar surface area (TPSA) is 49.4 Å². The van der Waals surface area contributed by atoms with Gasteiger partial charge in [-0.3, -0.25) is 9.59 Å². The number of likely N-dealkylation sites (tertiary alicyclic amines) is 1. The van der Waals surface area contributed by atoms with E-state index in [1.165, 1.54) is 12.5 Å². The van der Waals surface area contributed by atoms with Crippen LogP contribution in [0.4, 0.5) is 5.69 Å². The first-order valence-corrected chi connectivity index (χ1v) is 7.00. The zero-order valence-electron chi connectivity index (χ0n) is 11.4. The number of anilines is 1. The minimum atomic E-state index is -0.250. The normalized spacial score (nSPS) is 18.9. The van der Waals surface area contributed by atoms with Gasteiger partial charge in [0, 0.05) is 23.3 Å². The molecule has 104 valence electrons. The fraction of sp³-hybridized carbons (Fsp3) is 0.375. The molecule has 1 heterocycles. The van der Waals surface area contributed by atoms with Gasteiger partial charge >= 0.3 is 0 Å². The van der Waals surface area contributed by atoms with Crippen LogP contribution in [0.5, 0.6) is 0 Å². The highest BCUT2D eigenvalue weighted by atomic mass is 16.2. The zero-order chi connectivity index (χ0) is 14.2. The van der Waals surface area contributed by atoms with E-state index in [0.717, 1.165) is 25.8 Å². The molecule has 0 unspecified atom stereocenters. The lowest BCUT2D eigenvalue weighted by Gasteiger charge is -2.58. The Kier molecular flexibility index (Phi) is 3.08. The van der Waals surface area contributed by atoms with Gasteiger partial charge in [0.2, 0.25) is 5.91 Å². The molecule has 1 N–H and O–H groups in total. The van der Waals surface area contributed by atoms with E-state index in [-0.39, 0.29) is 17.4 Å². The third-order valence-electron chi connectivity index (χ3n) is 4.49. The minimum Gasteiger partial charge on any atom is -0.333 e. The molecule has 1 saturated carbocycles. The van der Waals surface area contributed by atoms with Gasteiger partial charge in [0.1, 0.15) is 0 Å².